The Kier molecular flexibility index (Phi) is 6.19. The molecule has 35 heavy (non-hydrogen) atoms. The molecule has 0 radical (unpaired) electrons. The first-order chi connectivity index (χ1) is 17.0. The van der Waals surface area contributed by atoms with Gasteiger partial charge in [-0.1, -0.05) is 30.3 Å². The lowest BCUT2D eigenvalue weighted by atomic mass is 9.82. The normalized spacial score (nSPS) is 16.6. The van der Waals surface area contributed by atoms with E-state index in [1.54, 1.807) is 17.9 Å². The molecule has 1 atom stereocenters. The van der Waals surface area contributed by atoms with Gasteiger partial charge in [-0.25, -0.2) is 9.18 Å². The molecule has 2 aromatic carbocycles. The first-order valence-electron chi connectivity index (χ1n) is 12.0. The van der Waals surface area contributed by atoms with Crippen LogP contribution in [-0.4, -0.2) is 41.2 Å². The average Bonchev–Trinajstić information content (AvgIpc) is 3.36. The molecule has 1 saturated heterocycles. The summed E-state index contributed by atoms with van der Waals surface area (Å²) in [6.07, 6.45) is 3.41. The predicted octanol–water partition coefficient (Wildman–Crippen LogP) is 4.74. The van der Waals surface area contributed by atoms with Crippen molar-refractivity contribution in [1.82, 2.24) is 14.8 Å². The first-order valence-corrected chi connectivity index (χ1v) is 12.0. The summed E-state index contributed by atoms with van der Waals surface area (Å²) in [6, 6.07) is 17.6. The summed E-state index contributed by atoms with van der Waals surface area (Å²) in [6.45, 7) is 3.11. The van der Waals surface area contributed by atoms with Crippen LogP contribution in [0.15, 0.2) is 66.9 Å². The van der Waals surface area contributed by atoms with E-state index in [2.05, 4.69) is 21.3 Å². The lowest BCUT2D eigenvalue weighted by Crippen LogP contribution is -2.53. The highest BCUT2D eigenvalue weighted by Gasteiger charge is 2.42. The van der Waals surface area contributed by atoms with Crippen LogP contribution in [0.25, 0.3) is 5.69 Å². The van der Waals surface area contributed by atoms with Crippen LogP contribution in [0.3, 0.4) is 0 Å². The Morgan fingerprint density at radius 1 is 1.11 bits per heavy atom. The maximum atomic E-state index is 14.0. The molecule has 2 aliphatic heterocycles. The summed E-state index contributed by atoms with van der Waals surface area (Å²) in [4.78, 5) is 27.2. The van der Waals surface area contributed by atoms with Crippen LogP contribution in [0, 0.1) is 5.82 Å². The van der Waals surface area contributed by atoms with Gasteiger partial charge in [0, 0.05) is 25.0 Å². The van der Waals surface area contributed by atoms with Gasteiger partial charge >= 0.3 is 12.0 Å². The molecule has 5 rings (SSSR count). The Morgan fingerprint density at radius 3 is 2.63 bits per heavy atom. The Bertz CT molecular complexity index is 1220. The minimum Gasteiger partial charge on any atom is -0.466 e. The average molecular weight is 477 g/mol. The molecular formula is C27H29FN4O3. The molecule has 2 amide bonds. The summed E-state index contributed by atoms with van der Waals surface area (Å²) in [7, 11) is 0. The Hall–Kier alpha value is -3.81. The molecule has 0 aliphatic carbocycles. The monoisotopic (exact) mass is 476 g/mol. The SMILES string of the molecule is CCOC(=O)C[C@@H](NC(=O)N1CCC2(CC1)Nc1cc(F)ccc1-n1cccc12)c1ccccc1. The number of nitrogens with one attached hydrogen (secondary N) is 2. The van der Waals surface area contributed by atoms with E-state index in [1.807, 2.05) is 42.6 Å². The molecule has 8 heteroatoms. The second-order valence-corrected chi connectivity index (χ2v) is 9.04. The number of nitrogens with zero attached hydrogens (tertiary/aromatic N) is 2. The van der Waals surface area contributed by atoms with Gasteiger partial charge in [0.2, 0.25) is 0 Å². The molecule has 1 fully saturated rings. The number of urea groups is 1. The van der Waals surface area contributed by atoms with Crippen molar-refractivity contribution >= 4 is 17.7 Å². The fourth-order valence-corrected chi connectivity index (χ4v) is 5.16. The first kappa shape index (κ1) is 23.0. The van der Waals surface area contributed by atoms with Gasteiger partial charge in [0.1, 0.15) is 5.82 Å². The zero-order chi connectivity index (χ0) is 24.4. The molecule has 3 aromatic rings. The van der Waals surface area contributed by atoms with Gasteiger partial charge in [0.05, 0.1) is 36.0 Å². The highest BCUT2D eigenvalue weighted by molar-refractivity contribution is 5.77. The van der Waals surface area contributed by atoms with Gasteiger partial charge in [0.25, 0.3) is 0 Å². The maximum Gasteiger partial charge on any atom is 0.317 e. The Balaban J connectivity index is 1.30. The van der Waals surface area contributed by atoms with E-state index in [0.29, 0.717) is 32.5 Å². The summed E-state index contributed by atoms with van der Waals surface area (Å²) < 4.78 is 21.2. The van der Waals surface area contributed by atoms with Crippen LogP contribution in [0.2, 0.25) is 0 Å². The fourth-order valence-electron chi connectivity index (χ4n) is 5.16. The maximum absolute atomic E-state index is 14.0. The van der Waals surface area contributed by atoms with Crippen LogP contribution < -0.4 is 10.6 Å². The number of fused-ring (bicyclic) bond motifs is 4. The minimum atomic E-state index is -0.474. The third-order valence-electron chi connectivity index (χ3n) is 6.91. The second-order valence-electron chi connectivity index (χ2n) is 9.04. The Labute approximate surface area is 203 Å². The molecule has 0 bridgehead atoms. The molecule has 3 heterocycles. The number of hydrogen-bond acceptors (Lipinski definition) is 4. The van der Waals surface area contributed by atoms with E-state index < -0.39 is 6.04 Å². The molecular weight excluding hydrogens is 447 g/mol. The molecule has 2 N–H and O–H groups in total. The van der Waals surface area contributed by atoms with Gasteiger partial charge in [-0.05, 0) is 55.7 Å². The van der Waals surface area contributed by atoms with E-state index >= 15 is 0 Å². The largest absolute Gasteiger partial charge is 0.466 e. The van der Waals surface area contributed by atoms with E-state index in [4.69, 9.17) is 4.74 Å². The molecule has 1 spiro atoms. The lowest BCUT2D eigenvalue weighted by molar-refractivity contribution is -0.143. The van der Waals surface area contributed by atoms with E-state index in [-0.39, 0.29) is 29.8 Å². The van der Waals surface area contributed by atoms with Gasteiger partial charge in [0.15, 0.2) is 0 Å². The Morgan fingerprint density at radius 2 is 1.89 bits per heavy atom. The number of piperidine rings is 1. The van der Waals surface area contributed by atoms with Crippen molar-refractivity contribution in [2.24, 2.45) is 0 Å². The summed E-state index contributed by atoms with van der Waals surface area (Å²) in [5, 5.41) is 6.61. The fraction of sp³-hybridized carbons (Fsp3) is 0.333. The van der Waals surface area contributed by atoms with E-state index in [0.717, 1.165) is 22.6 Å². The number of ether oxygens (including phenoxy) is 1. The van der Waals surface area contributed by atoms with Gasteiger partial charge < -0.3 is 24.8 Å². The number of aromatic nitrogens is 1. The van der Waals surface area contributed by atoms with Crippen LogP contribution in [0.1, 0.15) is 43.5 Å². The van der Waals surface area contributed by atoms with Crippen molar-refractivity contribution in [3.63, 3.8) is 0 Å². The number of hydrogen-bond donors (Lipinski definition) is 2. The lowest BCUT2D eigenvalue weighted by Gasteiger charge is -2.46. The zero-order valence-corrected chi connectivity index (χ0v) is 19.7. The quantitative estimate of drug-likeness (QED) is 0.522. The van der Waals surface area contributed by atoms with Crippen LogP contribution >= 0.6 is 0 Å². The number of benzene rings is 2. The van der Waals surface area contributed by atoms with E-state index in [9.17, 15) is 14.0 Å². The molecule has 182 valence electrons. The summed E-state index contributed by atoms with van der Waals surface area (Å²) >= 11 is 0. The van der Waals surface area contributed by atoms with Crippen molar-refractivity contribution in [1.29, 1.82) is 0 Å². The zero-order valence-electron chi connectivity index (χ0n) is 19.7. The van der Waals surface area contributed by atoms with Crippen molar-refractivity contribution in [3.05, 3.63) is 83.9 Å². The molecule has 7 nitrogen and oxygen atoms in total. The summed E-state index contributed by atoms with van der Waals surface area (Å²) in [5.74, 6) is -0.635. The molecule has 1 aromatic heterocycles. The van der Waals surface area contributed by atoms with Crippen molar-refractivity contribution in [3.8, 4) is 5.69 Å². The van der Waals surface area contributed by atoms with Gasteiger partial charge in [-0.15, -0.1) is 0 Å². The van der Waals surface area contributed by atoms with Crippen molar-refractivity contribution in [2.75, 3.05) is 25.0 Å². The standard InChI is InChI=1S/C27H29FN4O3/c1-2-35-25(33)18-21(19-7-4-3-5-8-19)29-26(34)31-15-12-27(13-16-31)24-9-6-14-32(24)23-11-10-20(28)17-22(23)30-27/h3-11,14,17,21,30H,2,12-13,15-16,18H2,1H3,(H,29,34)/t21-/m1/s1. The number of rotatable bonds is 5. The van der Waals surface area contributed by atoms with Crippen molar-refractivity contribution < 1.29 is 18.7 Å². The number of anilines is 1. The van der Waals surface area contributed by atoms with Crippen LogP contribution in [0.4, 0.5) is 14.9 Å². The predicted molar refractivity (Wildman–Crippen MR) is 131 cm³/mol. The smallest absolute Gasteiger partial charge is 0.317 e. The molecule has 0 unspecified atom stereocenters. The second kappa shape index (κ2) is 9.44. The van der Waals surface area contributed by atoms with Gasteiger partial charge in [-0.2, -0.15) is 0 Å². The van der Waals surface area contributed by atoms with Crippen LogP contribution in [-0.2, 0) is 15.1 Å². The minimum absolute atomic E-state index is 0.0682. The number of esters is 1. The third-order valence-corrected chi connectivity index (χ3v) is 6.91. The number of amides is 2. The highest BCUT2D eigenvalue weighted by atomic mass is 19.1. The number of likely N-dealkylation sites (tertiary alicyclic amines) is 1. The number of halogens is 1. The topological polar surface area (TPSA) is 75.6 Å². The van der Waals surface area contributed by atoms with E-state index in [1.165, 1.54) is 12.1 Å². The number of carbonyl (C=O) groups excluding carboxylic acids is 2. The van der Waals surface area contributed by atoms with Crippen molar-refractivity contribution in [2.45, 2.75) is 37.8 Å². The van der Waals surface area contributed by atoms with Gasteiger partial charge in [-0.3, -0.25) is 4.79 Å². The summed E-state index contributed by atoms with van der Waals surface area (Å²) in [5.41, 5.74) is 3.26. The molecule has 2 aliphatic rings. The molecule has 0 saturated carbocycles. The number of carbonyl (C=O) groups is 2. The third kappa shape index (κ3) is 4.48. The van der Waals surface area contributed by atoms with Crippen LogP contribution in [0.5, 0.6) is 0 Å². The highest BCUT2D eigenvalue weighted by Crippen LogP contribution is 2.43.